The number of nitrogens with one attached hydrogen (secondary N) is 1. The maximum absolute atomic E-state index is 10.4. The van der Waals surface area contributed by atoms with E-state index in [9.17, 15) is 10.2 Å². The van der Waals surface area contributed by atoms with E-state index >= 15 is 0 Å². The minimum absolute atomic E-state index is 0.225. The summed E-state index contributed by atoms with van der Waals surface area (Å²) in [5, 5.41) is 24.0. The molecule has 1 fully saturated rings. The first kappa shape index (κ1) is 21.7. The van der Waals surface area contributed by atoms with Crippen LogP contribution in [0.2, 0.25) is 0 Å². The van der Waals surface area contributed by atoms with Gasteiger partial charge in [-0.1, -0.05) is 63.3 Å². The van der Waals surface area contributed by atoms with Crippen molar-refractivity contribution >= 4 is 0 Å². The molecule has 2 rings (SSSR count). The summed E-state index contributed by atoms with van der Waals surface area (Å²) >= 11 is 0. The number of rotatable bonds is 13. The molecule has 0 spiro atoms. The minimum atomic E-state index is -0.349. The van der Waals surface area contributed by atoms with Crippen molar-refractivity contribution in [1.29, 1.82) is 0 Å². The average Bonchev–Trinajstić information content (AvgIpc) is 3.13. The molecular formula is C23H41NO2. The van der Waals surface area contributed by atoms with Crippen molar-refractivity contribution in [3.8, 4) is 0 Å². The second-order valence-electron chi connectivity index (χ2n) is 8.35. The highest BCUT2D eigenvalue weighted by Crippen LogP contribution is 2.48. The van der Waals surface area contributed by atoms with Crippen molar-refractivity contribution in [2.75, 3.05) is 13.1 Å². The quantitative estimate of drug-likeness (QED) is 0.331. The van der Waals surface area contributed by atoms with Crippen LogP contribution in [0, 0.1) is 17.8 Å². The Labute approximate surface area is 161 Å². The van der Waals surface area contributed by atoms with E-state index in [1.165, 1.54) is 38.5 Å². The van der Waals surface area contributed by atoms with Gasteiger partial charge < -0.3 is 15.5 Å². The van der Waals surface area contributed by atoms with Gasteiger partial charge in [0.15, 0.2) is 0 Å². The topological polar surface area (TPSA) is 52.5 Å². The summed E-state index contributed by atoms with van der Waals surface area (Å²) in [6.45, 7) is 6.55. The van der Waals surface area contributed by atoms with E-state index in [4.69, 9.17) is 0 Å². The molecule has 0 aromatic carbocycles. The Morgan fingerprint density at radius 1 is 1.19 bits per heavy atom. The van der Waals surface area contributed by atoms with Gasteiger partial charge in [-0.15, -0.1) is 0 Å². The average molecular weight is 364 g/mol. The Bertz CT molecular complexity index is 445. The van der Waals surface area contributed by atoms with Crippen LogP contribution in [-0.2, 0) is 0 Å². The molecule has 1 saturated carbocycles. The molecule has 0 bridgehead atoms. The van der Waals surface area contributed by atoms with E-state index in [2.05, 4.69) is 31.3 Å². The van der Waals surface area contributed by atoms with Crippen LogP contribution in [0.25, 0.3) is 0 Å². The summed E-state index contributed by atoms with van der Waals surface area (Å²) in [6, 6.07) is 0. The molecule has 150 valence electrons. The fraction of sp³-hybridized carbons (Fsp3) is 0.826. The monoisotopic (exact) mass is 363 g/mol. The lowest BCUT2D eigenvalue weighted by molar-refractivity contribution is 0.139. The maximum atomic E-state index is 10.4. The summed E-state index contributed by atoms with van der Waals surface area (Å²) in [5.41, 5.74) is 1.61. The summed E-state index contributed by atoms with van der Waals surface area (Å²) in [7, 11) is 0. The maximum Gasteiger partial charge on any atom is 0.0721 e. The standard InChI is InChI=1S/C23H41NO2/c1-3-5-7-11-20(25)12-13-21-22-16-18(15-19(22)17-23(21)26)10-8-6-9-14-24-4-2/h12-13,15,19-26H,3-11,14,16-17H2,1-2H3/t19-,20-,21+,22-,23+/m0/s1. The summed E-state index contributed by atoms with van der Waals surface area (Å²) in [4.78, 5) is 0. The molecule has 0 heterocycles. The summed E-state index contributed by atoms with van der Waals surface area (Å²) in [6.07, 6.45) is 17.4. The highest BCUT2D eigenvalue weighted by molar-refractivity contribution is 5.20. The van der Waals surface area contributed by atoms with Gasteiger partial charge in [-0.05, 0) is 63.5 Å². The van der Waals surface area contributed by atoms with Crippen molar-refractivity contribution in [1.82, 2.24) is 5.32 Å². The fourth-order valence-corrected chi connectivity index (χ4v) is 4.70. The minimum Gasteiger partial charge on any atom is -0.392 e. The van der Waals surface area contributed by atoms with Gasteiger partial charge in [0.05, 0.1) is 12.2 Å². The van der Waals surface area contributed by atoms with E-state index in [0.717, 1.165) is 38.8 Å². The van der Waals surface area contributed by atoms with Gasteiger partial charge in [0.25, 0.3) is 0 Å². The van der Waals surface area contributed by atoms with Crippen molar-refractivity contribution in [2.45, 2.75) is 90.3 Å². The lowest BCUT2D eigenvalue weighted by atomic mass is 9.88. The van der Waals surface area contributed by atoms with E-state index in [-0.39, 0.29) is 18.1 Å². The normalized spacial score (nSPS) is 29.3. The second-order valence-corrected chi connectivity index (χ2v) is 8.35. The molecule has 0 saturated heterocycles. The van der Waals surface area contributed by atoms with E-state index in [0.29, 0.717) is 11.8 Å². The third-order valence-electron chi connectivity index (χ3n) is 6.21. The van der Waals surface area contributed by atoms with Crippen LogP contribution in [0.3, 0.4) is 0 Å². The molecule has 2 aliphatic rings. The van der Waals surface area contributed by atoms with Gasteiger partial charge in [0.2, 0.25) is 0 Å². The zero-order valence-electron chi connectivity index (χ0n) is 17.0. The Morgan fingerprint density at radius 2 is 2.04 bits per heavy atom. The first-order chi connectivity index (χ1) is 12.7. The third-order valence-corrected chi connectivity index (χ3v) is 6.21. The van der Waals surface area contributed by atoms with Gasteiger partial charge >= 0.3 is 0 Å². The Morgan fingerprint density at radius 3 is 2.81 bits per heavy atom. The highest BCUT2D eigenvalue weighted by Gasteiger charge is 2.43. The van der Waals surface area contributed by atoms with Gasteiger partial charge in [0, 0.05) is 5.92 Å². The van der Waals surface area contributed by atoms with Crippen LogP contribution in [0.1, 0.15) is 78.1 Å². The Hall–Kier alpha value is -0.640. The summed E-state index contributed by atoms with van der Waals surface area (Å²) in [5.74, 6) is 1.33. The van der Waals surface area contributed by atoms with Crippen LogP contribution in [-0.4, -0.2) is 35.5 Å². The van der Waals surface area contributed by atoms with Crippen LogP contribution < -0.4 is 5.32 Å². The van der Waals surface area contributed by atoms with Crippen LogP contribution in [0.5, 0.6) is 0 Å². The van der Waals surface area contributed by atoms with E-state index in [1.54, 1.807) is 5.57 Å². The van der Waals surface area contributed by atoms with Crippen molar-refractivity contribution in [3.63, 3.8) is 0 Å². The largest absolute Gasteiger partial charge is 0.392 e. The zero-order valence-corrected chi connectivity index (χ0v) is 17.0. The van der Waals surface area contributed by atoms with Gasteiger partial charge in [-0.2, -0.15) is 0 Å². The molecule has 3 N–H and O–H groups in total. The molecular weight excluding hydrogens is 322 g/mol. The molecule has 3 nitrogen and oxygen atoms in total. The first-order valence-electron chi connectivity index (χ1n) is 11.1. The number of aliphatic hydroxyl groups is 2. The number of hydrogen-bond donors (Lipinski definition) is 3. The fourth-order valence-electron chi connectivity index (χ4n) is 4.70. The Kier molecular flexibility index (Phi) is 9.95. The lowest BCUT2D eigenvalue weighted by Crippen LogP contribution is -2.18. The van der Waals surface area contributed by atoms with Crippen LogP contribution >= 0.6 is 0 Å². The van der Waals surface area contributed by atoms with E-state index < -0.39 is 0 Å². The number of aliphatic hydroxyl groups excluding tert-OH is 2. The molecule has 2 aliphatic carbocycles. The smallest absolute Gasteiger partial charge is 0.0721 e. The second kappa shape index (κ2) is 11.9. The lowest BCUT2D eigenvalue weighted by Gasteiger charge is -2.19. The molecule has 5 atom stereocenters. The number of hydrogen-bond acceptors (Lipinski definition) is 3. The molecule has 0 unspecified atom stereocenters. The molecule has 26 heavy (non-hydrogen) atoms. The SMILES string of the molecule is CCCCC[C@H](O)C=C[C@@H]1[C@H]2CC(CCCCCNCC)=C[C@H]2C[C@H]1O. The van der Waals surface area contributed by atoms with Crippen LogP contribution in [0.4, 0.5) is 0 Å². The van der Waals surface area contributed by atoms with E-state index in [1.807, 2.05) is 6.08 Å². The molecule has 3 heteroatoms. The predicted molar refractivity (Wildman–Crippen MR) is 110 cm³/mol. The predicted octanol–water partition coefficient (Wildman–Crippen LogP) is 4.60. The van der Waals surface area contributed by atoms with Crippen molar-refractivity contribution in [2.24, 2.45) is 17.8 Å². The van der Waals surface area contributed by atoms with Crippen molar-refractivity contribution in [3.05, 3.63) is 23.8 Å². The molecule has 0 aliphatic heterocycles. The molecule has 0 aromatic rings. The number of fused-ring (bicyclic) bond motifs is 1. The Balaban J connectivity index is 1.72. The third kappa shape index (κ3) is 6.83. The molecule has 0 aromatic heterocycles. The van der Waals surface area contributed by atoms with Gasteiger partial charge in [-0.3, -0.25) is 0 Å². The first-order valence-corrected chi connectivity index (χ1v) is 11.1. The number of allylic oxidation sites excluding steroid dienone is 2. The summed E-state index contributed by atoms with van der Waals surface area (Å²) < 4.78 is 0. The highest BCUT2D eigenvalue weighted by atomic mass is 16.3. The van der Waals surface area contributed by atoms with Gasteiger partial charge in [-0.25, -0.2) is 0 Å². The van der Waals surface area contributed by atoms with Gasteiger partial charge in [0.1, 0.15) is 0 Å². The molecule has 0 amide bonds. The molecule has 0 radical (unpaired) electrons. The van der Waals surface area contributed by atoms with Crippen molar-refractivity contribution < 1.29 is 10.2 Å². The van der Waals surface area contributed by atoms with Crippen LogP contribution in [0.15, 0.2) is 23.8 Å². The zero-order chi connectivity index (χ0) is 18.8. The number of unbranched alkanes of at least 4 members (excludes halogenated alkanes) is 4.